The molecule has 0 bridgehead atoms. The lowest BCUT2D eigenvalue weighted by atomic mass is 10.00. The van der Waals surface area contributed by atoms with Gasteiger partial charge in [-0.15, -0.1) is 0 Å². The number of aromatic nitrogens is 4. The van der Waals surface area contributed by atoms with E-state index in [2.05, 4.69) is 19.9 Å². The molecule has 0 saturated heterocycles. The largest absolute Gasteiger partial charge is 0.339 e. The number of imidazole rings is 1. The Balaban J connectivity index is 2.61. The van der Waals surface area contributed by atoms with E-state index in [4.69, 9.17) is 17.0 Å². The summed E-state index contributed by atoms with van der Waals surface area (Å²) in [4.78, 5) is 15.8. The third kappa shape index (κ3) is 2.22. The van der Waals surface area contributed by atoms with E-state index >= 15 is 0 Å². The summed E-state index contributed by atoms with van der Waals surface area (Å²) in [6, 6.07) is 0. The molecule has 2 aromatic rings. The Labute approximate surface area is 111 Å². The average Bonchev–Trinajstić information content (AvgIpc) is 2.78. The minimum atomic E-state index is 0.132. The van der Waals surface area contributed by atoms with Crippen molar-refractivity contribution in [2.24, 2.45) is 5.92 Å². The topological polar surface area (TPSA) is 78.3 Å². The van der Waals surface area contributed by atoms with Crippen molar-refractivity contribution in [3.8, 4) is 0 Å². The molecule has 2 aromatic heterocycles. The SMILES string of the molecule is CCc1nc2nc(Cl)nc(C(=N)C(C)CC)c2[nH]1. The number of H-pyrrole nitrogens is 1. The van der Waals surface area contributed by atoms with Gasteiger partial charge < -0.3 is 10.4 Å². The molecule has 0 radical (unpaired) electrons. The maximum Gasteiger partial charge on any atom is 0.225 e. The van der Waals surface area contributed by atoms with Crippen LogP contribution in [0.15, 0.2) is 0 Å². The number of aryl methyl sites for hydroxylation is 1. The number of halogens is 1. The van der Waals surface area contributed by atoms with Crippen molar-refractivity contribution in [1.29, 1.82) is 5.41 Å². The lowest BCUT2D eigenvalue weighted by Gasteiger charge is -2.10. The minimum Gasteiger partial charge on any atom is -0.339 e. The third-order valence-corrected chi connectivity index (χ3v) is 3.24. The highest BCUT2D eigenvalue weighted by Gasteiger charge is 2.18. The first kappa shape index (κ1) is 13.0. The normalized spacial score (nSPS) is 12.9. The van der Waals surface area contributed by atoms with Crippen molar-refractivity contribution in [3.63, 3.8) is 0 Å². The lowest BCUT2D eigenvalue weighted by Crippen LogP contribution is -2.13. The van der Waals surface area contributed by atoms with Gasteiger partial charge in [0.1, 0.15) is 17.0 Å². The summed E-state index contributed by atoms with van der Waals surface area (Å²) in [7, 11) is 0. The molecule has 0 aliphatic carbocycles. The molecule has 0 aliphatic heterocycles. The van der Waals surface area contributed by atoms with E-state index in [1.165, 1.54) is 0 Å². The zero-order valence-electron chi connectivity index (χ0n) is 10.7. The number of nitrogens with zero attached hydrogens (tertiary/aromatic N) is 3. The Hall–Kier alpha value is -1.49. The van der Waals surface area contributed by atoms with Gasteiger partial charge in [-0.1, -0.05) is 20.8 Å². The van der Waals surface area contributed by atoms with Gasteiger partial charge in [-0.25, -0.2) is 9.97 Å². The standard InChI is InChI=1S/C12H16ClN5/c1-4-6(3)8(14)9-10-11(18-12(13)17-9)16-7(5-2)15-10/h6,14H,4-5H2,1-3H3,(H,15,16,17,18). The summed E-state index contributed by atoms with van der Waals surface area (Å²) in [6.45, 7) is 6.05. The van der Waals surface area contributed by atoms with Crippen LogP contribution in [-0.4, -0.2) is 25.6 Å². The predicted molar refractivity (Wildman–Crippen MR) is 72.4 cm³/mol. The zero-order valence-corrected chi connectivity index (χ0v) is 11.5. The fraction of sp³-hybridized carbons (Fsp3) is 0.500. The van der Waals surface area contributed by atoms with Crippen LogP contribution in [0.1, 0.15) is 38.7 Å². The predicted octanol–water partition coefficient (Wildman–Crippen LogP) is 2.98. The molecule has 18 heavy (non-hydrogen) atoms. The number of rotatable bonds is 4. The van der Waals surface area contributed by atoms with Crippen LogP contribution in [0, 0.1) is 11.3 Å². The summed E-state index contributed by atoms with van der Waals surface area (Å²) in [5.74, 6) is 0.965. The number of hydrogen-bond acceptors (Lipinski definition) is 4. The Bertz CT molecular complexity index is 589. The van der Waals surface area contributed by atoms with Gasteiger partial charge in [0, 0.05) is 6.42 Å². The molecule has 0 fully saturated rings. The molecule has 0 saturated carbocycles. The van der Waals surface area contributed by atoms with Gasteiger partial charge in [-0.3, -0.25) is 0 Å². The van der Waals surface area contributed by atoms with Gasteiger partial charge in [0.25, 0.3) is 0 Å². The second-order valence-electron chi connectivity index (χ2n) is 4.30. The third-order valence-electron chi connectivity index (χ3n) is 3.07. The maximum atomic E-state index is 8.18. The monoisotopic (exact) mass is 265 g/mol. The highest BCUT2D eigenvalue weighted by atomic mass is 35.5. The number of nitrogens with one attached hydrogen (secondary N) is 2. The second kappa shape index (κ2) is 5.02. The van der Waals surface area contributed by atoms with Gasteiger partial charge in [-0.05, 0) is 23.9 Å². The van der Waals surface area contributed by atoms with E-state index in [0.29, 0.717) is 22.6 Å². The summed E-state index contributed by atoms with van der Waals surface area (Å²) >= 11 is 5.90. The zero-order chi connectivity index (χ0) is 13.3. The molecule has 96 valence electrons. The van der Waals surface area contributed by atoms with Crippen molar-refractivity contribution >= 4 is 28.5 Å². The van der Waals surface area contributed by atoms with E-state index in [1.54, 1.807) is 0 Å². The van der Waals surface area contributed by atoms with Crippen molar-refractivity contribution in [3.05, 3.63) is 16.8 Å². The smallest absolute Gasteiger partial charge is 0.225 e. The fourth-order valence-electron chi connectivity index (χ4n) is 1.72. The van der Waals surface area contributed by atoms with Gasteiger partial charge in [-0.2, -0.15) is 4.98 Å². The van der Waals surface area contributed by atoms with Crippen molar-refractivity contribution in [2.75, 3.05) is 0 Å². The molecule has 6 heteroatoms. The van der Waals surface area contributed by atoms with E-state index in [-0.39, 0.29) is 11.2 Å². The molecule has 2 N–H and O–H groups in total. The lowest BCUT2D eigenvalue weighted by molar-refractivity contribution is 0.734. The molecule has 5 nitrogen and oxygen atoms in total. The first-order valence-electron chi connectivity index (χ1n) is 6.07. The summed E-state index contributed by atoms with van der Waals surface area (Å²) in [5, 5.41) is 8.32. The van der Waals surface area contributed by atoms with Crippen LogP contribution in [0.2, 0.25) is 5.28 Å². The molecule has 0 aromatic carbocycles. The van der Waals surface area contributed by atoms with Crippen LogP contribution < -0.4 is 0 Å². The first-order valence-corrected chi connectivity index (χ1v) is 6.45. The molecule has 0 aliphatic rings. The van der Waals surface area contributed by atoms with E-state index in [0.717, 1.165) is 18.7 Å². The van der Waals surface area contributed by atoms with E-state index in [1.807, 2.05) is 20.8 Å². The second-order valence-corrected chi connectivity index (χ2v) is 4.64. The first-order chi connectivity index (χ1) is 8.56. The molecule has 2 heterocycles. The highest BCUT2D eigenvalue weighted by Crippen LogP contribution is 2.20. The Morgan fingerprint density at radius 2 is 2.06 bits per heavy atom. The fourth-order valence-corrected chi connectivity index (χ4v) is 1.88. The van der Waals surface area contributed by atoms with Crippen LogP contribution in [-0.2, 0) is 6.42 Å². The molecule has 1 atom stereocenters. The van der Waals surface area contributed by atoms with Gasteiger partial charge >= 0.3 is 0 Å². The summed E-state index contributed by atoms with van der Waals surface area (Å²) in [5.41, 5.74) is 2.28. The quantitative estimate of drug-likeness (QED) is 0.659. The van der Waals surface area contributed by atoms with Crippen LogP contribution >= 0.6 is 11.6 Å². The number of fused-ring (bicyclic) bond motifs is 1. The summed E-state index contributed by atoms with van der Waals surface area (Å²) in [6.07, 6.45) is 1.67. The van der Waals surface area contributed by atoms with Gasteiger partial charge in [0.05, 0.1) is 5.71 Å². The van der Waals surface area contributed by atoms with Gasteiger partial charge in [0.2, 0.25) is 5.28 Å². The molecule has 0 spiro atoms. The van der Waals surface area contributed by atoms with Crippen LogP contribution in [0.3, 0.4) is 0 Å². The van der Waals surface area contributed by atoms with Crippen molar-refractivity contribution in [1.82, 2.24) is 19.9 Å². The van der Waals surface area contributed by atoms with Crippen LogP contribution in [0.5, 0.6) is 0 Å². The molecular formula is C12H16ClN5. The molecular weight excluding hydrogens is 250 g/mol. The molecule has 1 unspecified atom stereocenters. The summed E-state index contributed by atoms with van der Waals surface area (Å²) < 4.78 is 0. The Morgan fingerprint density at radius 1 is 1.33 bits per heavy atom. The molecule has 2 rings (SSSR count). The van der Waals surface area contributed by atoms with E-state index < -0.39 is 0 Å². The maximum absolute atomic E-state index is 8.18. The Kier molecular flexibility index (Phi) is 3.61. The van der Waals surface area contributed by atoms with Gasteiger partial charge in [0.15, 0.2) is 5.65 Å². The van der Waals surface area contributed by atoms with Crippen molar-refractivity contribution in [2.45, 2.75) is 33.6 Å². The minimum absolute atomic E-state index is 0.132. The van der Waals surface area contributed by atoms with E-state index in [9.17, 15) is 0 Å². The van der Waals surface area contributed by atoms with Crippen molar-refractivity contribution < 1.29 is 0 Å². The van der Waals surface area contributed by atoms with Crippen LogP contribution in [0.4, 0.5) is 0 Å². The average molecular weight is 266 g/mol. The highest BCUT2D eigenvalue weighted by molar-refractivity contribution is 6.29. The van der Waals surface area contributed by atoms with Crippen LogP contribution in [0.25, 0.3) is 11.2 Å². The Morgan fingerprint density at radius 3 is 2.67 bits per heavy atom. The molecule has 0 amide bonds. The number of aromatic amines is 1. The number of hydrogen-bond donors (Lipinski definition) is 2.